The van der Waals surface area contributed by atoms with E-state index < -0.39 is 0 Å². The van der Waals surface area contributed by atoms with Gasteiger partial charge in [-0.3, -0.25) is 4.79 Å². The molecule has 0 bridgehead atoms. The molecule has 2 atom stereocenters. The Hall–Kier alpha value is -2.04. The molecule has 5 heteroatoms. The molecule has 2 heterocycles. The first kappa shape index (κ1) is 19.3. The summed E-state index contributed by atoms with van der Waals surface area (Å²) in [6, 6.07) is 16.6. The molecule has 2 aliphatic heterocycles. The van der Waals surface area contributed by atoms with E-state index in [1.165, 1.54) is 0 Å². The van der Waals surface area contributed by atoms with Crippen LogP contribution in [0.3, 0.4) is 0 Å². The molecule has 2 fully saturated rings. The Balaban J connectivity index is 0.00000192. The molecule has 1 spiro atoms. The topological polar surface area (TPSA) is 50.4 Å². The molecular formula is C23H27ClN2O2. The summed E-state index contributed by atoms with van der Waals surface area (Å²) in [6.45, 7) is 2.73. The van der Waals surface area contributed by atoms with Crippen molar-refractivity contribution in [2.24, 2.45) is 11.3 Å². The van der Waals surface area contributed by atoms with E-state index in [-0.39, 0.29) is 35.7 Å². The fourth-order valence-electron chi connectivity index (χ4n) is 4.89. The molecule has 0 radical (unpaired) electrons. The van der Waals surface area contributed by atoms with Gasteiger partial charge < -0.3 is 15.4 Å². The number of nitrogens with one attached hydrogen (secondary N) is 2. The minimum atomic E-state index is 0. The number of amides is 1. The largest absolute Gasteiger partial charge is 0.492 e. The number of fused-ring (bicyclic) bond motifs is 1. The van der Waals surface area contributed by atoms with Gasteiger partial charge in [-0.25, -0.2) is 0 Å². The molecule has 1 saturated carbocycles. The fraction of sp³-hybridized carbons (Fsp3) is 0.435. The summed E-state index contributed by atoms with van der Waals surface area (Å²) in [5.41, 5.74) is 3.64. The molecule has 1 amide bonds. The van der Waals surface area contributed by atoms with E-state index in [1.807, 2.05) is 18.2 Å². The molecule has 2 aromatic rings. The van der Waals surface area contributed by atoms with Crippen molar-refractivity contribution in [3.63, 3.8) is 0 Å². The molecule has 148 valence electrons. The van der Waals surface area contributed by atoms with Crippen molar-refractivity contribution < 1.29 is 9.53 Å². The number of rotatable bonds is 3. The van der Waals surface area contributed by atoms with Gasteiger partial charge in [0.2, 0.25) is 5.91 Å². The summed E-state index contributed by atoms with van der Waals surface area (Å²) in [5.74, 6) is 1.36. The second-order valence-electron chi connectivity index (χ2n) is 8.16. The van der Waals surface area contributed by atoms with Crippen LogP contribution in [-0.4, -0.2) is 25.6 Å². The van der Waals surface area contributed by atoms with Gasteiger partial charge in [0.05, 0.1) is 12.6 Å². The number of hydrogen-bond donors (Lipinski definition) is 2. The van der Waals surface area contributed by atoms with Gasteiger partial charge in [-0.15, -0.1) is 12.4 Å². The standard InChI is InChI=1S/C23H26N2O2.ClH/c26-22(19-15-23(19)10-12-24-13-11-23)25-20-9-14-27-21-17(7-4-8-18(20)21)16-5-2-1-3-6-16;/h1-8,19-20,24H,9-15H2,(H,25,26);1H. The number of hydrogen-bond acceptors (Lipinski definition) is 3. The molecule has 2 aromatic carbocycles. The Morgan fingerprint density at radius 3 is 2.64 bits per heavy atom. The minimum absolute atomic E-state index is 0. The second-order valence-corrected chi connectivity index (χ2v) is 8.16. The quantitative estimate of drug-likeness (QED) is 0.818. The first-order valence-electron chi connectivity index (χ1n) is 10.1. The first-order valence-corrected chi connectivity index (χ1v) is 10.1. The van der Waals surface area contributed by atoms with Crippen LogP contribution in [0.5, 0.6) is 5.75 Å². The highest BCUT2D eigenvalue weighted by atomic mass is 35.5. The van der Waals surface area contributed by atoms with Crippen molar-refractivity contribution in [3.05, 3.63) is 54.1 Å². The molecule has 0 aromatic heterocycles. The van der Waals surface area contributed by atoms with Crippen molar-refractivity contribution in [2.75, 3.05) is 19.7 Å². The van der Waals surface area contributed by atoms with E-state index in [2.05, 4.69) is 41.0 Å². The van der Waals surface area contributed by atoms with Crippen LogP contribution in [0.1, 0.15) is 37.3 Å². The third-order valence-electron chi connectivity index (χ3n) is 6.58. The van der Waals surface area contributed by atoms with Crippen LogP contribution in [0.25, 0.3) is 11.1 Å². The van der Waals surface area contributed by atoms with Gasteiger partial charge in [0, 0.05) is 23.5 Å². The number of carbonyl (C=O) groups excluding carboxylic acids is 1. The van der Waals surface area contributed by atoms with E-state index >= 15 is 0 Å². The van der Waals surface area contributed by atoms with Gasteiger partial charge in [-0.2, -0.15) is 0 Å². The lowest BCUT2D eigenvalue weighted by molar-refractivity contribution is -0.124. The van der Waals surface area contributed by atoms with E-state index in [9.17, 15) is 4.79 Å². The second kappa shape index (κ2) is 7.76. The molecular weight excluding hydrogens is 372 g/mol. The van der Waals surface area contributed by atoms with Gasteiger partial charge in [0.1, 0.15) is 5.75 Å². The van der Waals surface area contributed by atoms with Crippen molar-refractivity contribution >= 4 is 18.3 Å². The Labute approximate surface area is 172 Å². The number of piperidine rings is 1. The molecule has 4 nitrogen and oxygen atoms in total. The van der Waals surface area contributed by atoms with E-state index in [0.29, 0.717) is 6.61 Å². The van der Waals surface area contributed by atoms with Crippen LogP contribution in [-0.2, 0) is 4.79 Å². The van der Waals surface area contributed by atoms with Gasteiger partial charge in [-0.1, -0.05) is 48.5 Å². The third-order valence-corrected chi connectivity index (χ3v) is 6.58. The zero-order chi connectivity index (χ0) is 18.3. The zero-order valence-electron chi connectivity index (χ0n) is 15.9. The number of carbonyl (C=O) groups is 1. The first-order chi connectivity index (χ1) is 13.3. The van der Waals surface area contributed by atoms with Crippen LogP contribution < -0.4 is 15.4 Å². The highest BCUT2D eigenvalue weighted by molar-refractivity contribution is 5.85. The van der Waals surface area contributed by atoms with Crippen LogP contribution >= 0.6 is 12.4 Å². The number of ether oxygens (including phenoxy) is 1. The molecule has 1 saturated heterocycles. The Kier molecular flexibility index (Phi) is 5.35. The van der Waals surface area contributed by atoms with Crippen molar-refractivity contribution in [2.45, 2.75) is 31.7 Å². The lowest BCUT2D eigenvalue weighted by Gasteiger charge is -2.29. The van der Waals surface area contributed by atoms with Gasteiger partial charge in [0.15, 0.2) is 0 Å². The predicted molar refractivity (Wildman–Crippen MR) is 113 cm³/mol. The highest BCUT2D eigenvalue weighted by Crippen LogP contribution is 2.58. The van der Waals surface area contributed by atoms with Crippen molar-refractivity contribution in [1.82, 2.24) is 10.6 Å². The molecule has 5 rings (SSSR count). The summed E-state index contributed by atoms with van der Waals surface area (Å²) >= 11 is 0. The molecule has 2 unspecified atom stereocenters. The van der Waals surface area contributed by atoms with Crippen molar-refractivity contribution in [1.29, 1.82) is 0 Å². The van der Waals surface area contributed by atoms with E-state index in [0.717, 1.165) is 61.2 Å². The smallest absolute Gasteiger partial charge is 0.224 e. The number of benzene rings is 2. The van der Waals surface area contributed by atoms with Crippen molar-refractivity contribution in [3.8, 4) is 16.9 Å². The van der Waals surface area contributed by atoms with Crippen LogP contribution in [0.2, 0.25) is 0 Å². The van der Waals surface area contributed by atoms with E-state index in [4.69, 9.17) is 4.74 Å². The van der Waals surface area contributed by atoms with Gasteiger partial charge in [-0.05, 0) is 43.3 Å². The summed E-state index contributed by atoms with van der Waals surface area (Å²) in [7, 11) is 0. The minimum Gasteiger partial charge on any atom is -0.492 e. The number of para-hydroxylation sites is 1. The van der Waals surface area contributed by atoms with Crippen LogP contribution in [0, 0.1) is 11.3 Å². The summed E-state index contributed by atoms with van der Waals surface area (Å²) in [5, 5.41) is 6.76. The molecule has 28 heavy (non-hydrogen) atoms. The monoisotopic (exact) mass is 398 g/mol. The highest BCUT2D eigenvalue weighted by Gasteiger charge is 2.57. The predicted octanol–water partition coefficient (Wildman–Crippen LogP) is 4.10. The van der Waals surface area contributed by atoms with Crippen LogP contribution in [0.4, 0.5) is 0 Å². The number of halogens is 1. The average Bonchev–Trinajstić information content (AvgIpc) is 3.42. The Morgan fingerprint density at radius 1 is 1.07 bits per heavy atom. The Morgan fingerprint density at radius 2 is 1.86 bits per heavy atom. The fourth-order valence-corrected chi connectivity index (χ4v) is 4.89. The normalized spacial score (nSPS) is 24.4. The molecule has 2 N–H and O–H groups in total. The lowest BCUT2D eigenvalue weighted by Crippen LogP contribution is -2.36. The third kappa shape index (κ3) is 3.40. The summed E-state index contributed by atoms with van der Waals surface area (Å²) < 4.78 is 6.05. The maximum absolute atomic E-state index is 12.9. The SMILES string of the molecule is Cl.O=C(NC1CCOc2c(-c3ccccc3)cccc21)C1CC12CCNCC2. The average molecular weight is 399 g/mol. The summed E-state index contributed by atoms with van der Waals surface area (Å²) in [6.07, 6.45) is 4.15. The van der Waals surface area contributed by atoms with Crippen LogP contribution in [0.15, 0.2) is 48.5 Å². The summed E-state index contributed by atoms with van der Waals surface area (Å²) in [4.78, 5) is 12.9. The molecule has 1 aliphatic carbocycles. The zero-order valence-corrected chi connectivity index (χ0v) is 16.8. The van der Waals surface area contributed by atoms with Gasteiger partial charge >= 0.3 is 0 Å². The lowest BCUT2D eigenvalue weighted by atomic mass is 9.91. The van der Waals surface area contributed by atoms with Gasteiger partial charge in [0.25, 0.3) is 0 Å². The Bertz CT molecular complexity index is 849. The maximum atomic E-state index is 12.9. The molecule has 3 aliphatic rings. The maximum Gasteiger partial charge on any atom is 0.224 e. The van der Waals surface area contributed by atoms with E-state index in [1.54, 1.807) is 0 Å².